The van der Waals surface area contributed by atoms with E-state index < -0.39 is 22.6 Å². The molecule has 1 atom stereocenters. The van der Waals surface area contributed by atoms with Crippen LogP contribution in [-0.4, -0.2) is 32.6 Å². The van der Waals surface area contributed by atoms with Gasteiger partial charge < -0.3 is 4.90 Å². The zero-order valence-corrected chi connectivity index (χ0v) is 14.3. The second kappa shape index (κ2) is 6.96. The van der Waals surface area contributed by atoms with Crippen LogP contribution in [0.3, 0.4) is 0 Å². The van der Waals surface area contributed by atoms with Gasteiger partial charge >= 0.3 is 5.69 Å². The Balaban J connectivity index is 2.19. The number of hydrogen-bond donors (Lipinski definition) is 0. The van der Waals surface area contributed by atoms with E-state index in [0.29, 0.717) is 5.56 Å². The molecule has 2 rings (SSSR count). The van der Waals surface area contributed by atoms with Gasteiger partial charge in [-0.2, -0.15) is 5.10 Å². The summed E-state index contributed by atoms with van der Waals surface area (Å²) in [6, 6.07) is 2.94. The van der Waals surface area contributed by atoms with Crippen molar-refractivity contribution in [2.75, 3.05) is 7.05 Å². The van der Waals surface area contributed by atoms with Crippen molar-refractivity contribution in [3.8, 4) is 0 Å². The molecule has 0 spiro atoms. The van der Waals surface area contributed by atoms with Gasteiger partial charge in [0.15, 0.2) is 11.6 Å². The van der Waals surface area contributed by atoms with Gasteiger partial charge in [0.2, 0.25) is 5.91 Å². The first kappa shape index (κ1) is 18.5. The van der Waals surface area contributed by atoms with E-state index in [-0.39, 0.29) is 29.5 Å². The molecule has 7 nitrogen and oxygen atoms in total. The fraction of sp³-hybridized carbons (Fsp3) is 0.375. The largest absolute Gasteiger partial charge is 0.337 e. The van der Waals surface area contributed by atoms with Crippen LogP contribution in [0.4, 0.5) is 14.5 Å². The molecule has 0 aliphatic carbocycles. The topological polar surface area (TPSA) is 81.3 Å². The highest BCUT2D eigenvalue weighted by atomic mass is 19.2. The Morgan fingerprint density at radius 3 is 2.52 bits per heavy atom. The predicted octanol–water partition coefficient (Wildman–Crippen LogP) is 2.91. The number of amides is 1. The molecule has 25 heavy (non-hydrogen) atoms. The fourth-order valence-electron chi connectivity index (χ4n) is 2.56. The van der Waals surface area contributed by atoms with Crippen molar-refractivity contribution >= 4 is 11.6 Å². The molecule has 0 radical (unpaired) electrons. The van der Waals surface area contributed by atoms with Crippen molar-refractivity contribution in [1.29, 1.82) is 0 Å². The zero-order valence-electron chi connectivity index (χ0n) is 14.3. The summed E-state index contributed by atoms with van der Waals surface area (Å²) in [4.78, 5) is 24.3. The van der Waals surface area contributed by atoms with Crippen LogP contribution < -0.4 is 0 Å². The number of halogens is 2. The van der Waals surface area contributed by atoms with Gasteiger partial charge in [-0.1, -0.05) is 6.07 Å². The minimum absolute atomic E-state index is 0.121. The summed E-state index contributed by atoms with van der Waals surface area (Å²) in [6.45, 7) is 4.50. The average molecular weight is 352 g/mol. The van der Waals surface area contributed by atoms with Crippen LogP contribution >= 0.6 is 0 Å². The molecule has 0 fully saturated rings. The molecule has 0 aliphatic heterocycles. The van der Waals surface area contributed by atoms with Gasteiger partial charge in [-0.05, 0) is 38.5 Å². The molecular formula is C16H18F2N4O3. The lowest BCUT2D eigenvalue weighted by molar-refractivity contribution is -0.386. The van der Waals surface area contributed by atoms with E-state index in [1.807, 2.05) is 0 Å². The lowest BCUT2D eigenvalue weighted by atomic mass is 10.1. The minimum atomic E-state index is -0.987. The molecule has 0 saturated carbocycles. The van der Waals surface area contributed by atoms with Crippen LogP contribution in [0.5, 0.6) is 0 Å². The molecule has 1 amide bonds. The Bertz CT molecular complexity index is 835. The van der Waals surface area contributed by atoms with Gasteiger partial charge in [0.25, 0.3) is 0 Å². The molecule has 0 N–H and O–H groups in total. The van der Waals surface area contributed by atoms with Crippen LogP contribution in [0.25, 0.3) is 0 Å². The van der Waals surface area contributed by atoms with Crippen molar-refractivity contribution in [3.05, 3.63) is 56.9 Å². The summed E-state index contributed by atoms with van der Waals surface area (Å²) in [5.41, 5.74) is 0.828. The number of carbonyl (C=O) groups excluding carboxylic acids is 1. The maximum absolute atomic E-state index is 13.4. The summed E-state index contributed by atoms with van der Waals surface area (Å²) < 4.78 is 27.7. The second-order valence-electron chi connectivity index (χ2n) is 5.79. The molecule has 0 bridgehead atoms. The number of aryl methyl sites for hydroxylation is 1. The Morgan fingerprint density at radius 1 is 1.36 bits per heavy atom. The van der Waals surface area contributed by atoms with E-state index >= 15 is 0 Å². The molecule has 1 unspecified atom stereocenters. The number of benzene rings is 1. The molecular weight excluding hydrogens is 334 g/mol. The van der Waals surface area contributed by atoms with E-state index in [1.165, 1.54) is 36.5 Å². The maximum atomic E-state index is 13.4. The Labute approximate surface area is 143 Å². The third-order valence-electron chi connectivity index (χ3n) is 4.21. The fourth-order valence-corrected chi connectivity index (χ4v) is 2.56. The molecule has 2 aromatic rings. The summed E-state index contributed by atoms with van der Waals surface area (Å²) in [5.74, 6) is -2.31. The quantitative estimate of drug-likeness (QED) is 0.612. The highest BCUT2D eigenvalue weighted by Crippen LogP contribution is 2.24. The van der Waals surface area contributed by atoms with Crippen molar-refractivity contribution in [2.24, 2.45) is 0 Å². The zero-order chi connectivity index (χ0) is 18.9. The molecule has 134 valence electrons. The van der Waals surface area contributed by atoms with E-state index in [2.05, 4.69) is 5.10 Å². The molecule has 9 heteroatoms. The summed E-state index contributed by atoms with van der Waals surface area (Å²) >= 11 is 0. The number of rotatable bonds is 5. The highest BCUT2D eigenvalue weighted by Gasteiger charge is 2.25. The summed E-state index contributed by atoms with van der Waals surface area (Å²) in [5, 5.41) is 15.0. The van der Waals surface area contributed by atoms with Crippen molar-refractivity contribution < 1.29 is 18.5 Å². The van der Waals surface area contributed by atoms with Gasteiger partial charge in [-0.25, -0.2) is 8.78 Å². The standard InChI is InChI=1S/C16H18F2N4O3/c1-9-16(22(24)25)11(3)21(19-9)8-15(23)20(4)10(2)12-5-6-13(17)14(18)7-12/h5-7,10H,8H2,1-4H3. The van der Waals surface area contributed by atoms with Crippen molar-refractivity contribution in [1.82, 2.24) is 14.7 Å². The third kappa shape index (κ3) is 3.65. The molecule has 0 aliphatic rings. The van der Waals surface area contributed by atoms with E-state index in [9.17, 15) is 23.7 Å². The van der Waals surface area contributed by atoms with Crippen LogP contribution in [0, 0.1) is 35.6 Å². The first-order valence-electron chi connectivity index (χ1n) is 7.52. The maximum Gasteiger partial charge on any atom is 0.312 e. The lowest BCUT2D eigenvalue weighted by Gasteiger charge is -2.25. The van der Waals surface area contributed by atoms with Crippen LogP contribution in [0.15, 0.2) is 18.2 Å². The summed E-state index contributed by atoms with van der Waals surface area (Å²) in [6.07, 6.45) is 0. The third-order valence-corrected chi connectivity index (χ3v) is 4.21. The lowest BCUT2D eigenvalue weighted by Crippen LogP contribution is -2.33. The van der Waals surface area contributed by atoms with Gasteiger partial charge in [-0.3, -0.25) is 19.6 Å². The number of nitrogens with zero attached hydrogens (tertiary/aromatic N) is 4. The van der Waals surface area contributed by atoms with E-state index in [0.717, 1.165) is 12.1 Å². The van der Waals surface area contributed by atoms with E-state index in [4.69, 9.17) is 0 Å². The van der Waals surface area contributed by atoms with Gasteiger partial charge in [0, 0.05) is 7.05 Å². The van der Waals surface area contributed by atoms with E-state index in [1.54, 1.807) is 6.92 Å². The molecule has 1 aromatic heterocycles. The van der Waals surface area contributed by atoms with Crippen molar-refractivity contribution in [3.63, 3.8) is 0 Å². The number of carbonyl (C=O) groups is 1. The minimum Gasteiger partial charge on any atom is -0.337 e. The normalized spacial score (nSPS) is 12.1. The summed E-state index contributed by atoms with van der Waals surface area (Å²) in [7, 11) is 1.52. The first-order valence-corrected chi connectivity index (χ1v) is 7.52. The first-order chi connectivity index (χ1) is 11.6. The SMILES string of the molecule is Cc1nn(CC(=O)N(C)C(C)c2ccc(F)c(F)c2)c(C)c1[N+](=O)[O-]. The average Bonchev–Trinajstić information content (AvgIpc) is 2.82. The van der Waals surface area contributed by atoms with Gasteiger partial charge in [-0.15, -0.1) is 0 Å². The van der Waals surface area contributed by atoms with Crippen LogP contribution in [-0.2, 0) is 11.3 Å². The smallest absolute Gasteiger partial charge is 0.312 e. The van der Waals surface area contributed by atoms with Crippen molar-refractivity contribution in [2.45, 2.75) is 33.4 Å². The van der Waals surface area contributed by atoms with Crippen LogP contribution in [0.1, 0.15) is 29.9 Å². The van der Waals surface area contributed by atoms with Crippen LogP contribution in [0.2, 0.25) is 0 Å². The Hall–Kier alpha value is -2.84. The second-order valence-corrected chi connectivity index (χ2v) is 5.79. The molecule has 1 aromatic carbocycles. The molecule has 0 saturated heterocycles. The van der Waals surface area contributed by atoms with Gasteiger partial charge in [0.1, 0.15) is 17.9 Å². The number of aromatic nitrogens is 2. The number of hydrogen-bond acceptors (Lipinski definition) is 4. The predicted molar refractivity (Wildman–Crippen MR) is 85.9 cm³/mol. The monoisotopic (exact) mass is 352 g/mol. The Kier molecular flexibility index (Phi) is 5.15. The highest BCUT2D eigenvalue weighted by molar-refractivity contribution is 5.76. The van der Waals surface area contributed by atoms with Gasteiger partial charge in [0.05, 0.1) is 11.0 Å². The number of nitro groups is 1. The molecule has 1 heterocycles. The number of likely N-dealkylation sites (N-methyl/N-ethyl adjacent to an activating group) is 1. The Morgan fingerprint density at radius 2 is 2.00 bits per heavy atom.